The van der Waals surface area contributed by atoms with Crippen molar-refractivity contribution < 1.29 is 28.5 Å². The molecule has 0 unspecified atom stereocenters. The molecule has 28 heavy (non-hydrogen) atoms. The van der Waals surface area contributed by atoms with Gasteiger partial charge in [-0.05, 0) is 44.3 Å². The molecule has 0 spiro atoms. The first-order valence-electron chi connectivity index (χ1n) is 10.0. The van der Waals surface area contributed by atoms with Gasteiger partial charge >= 0.3 is 11.9 Å². The maximum Gasteiger partial charge on any atom is 0.331 e. The van der Waals surface area contributed by atoms with E-state index in [1.807, 2.05) is 6.26 Å². The van der Waals surface area contributed by atoms with Crippen molar-refractivity contribution in [3.63, 3.8) is 0 Å². The van der Waals surface area contributed by atoms with Gasteiger partial charge < -0.3 is 18.9 Å². The average molecular weight is 413 g/mol. The lowest BCUT2D eigenvalue weighted by molar-refractivity contribution is -0.163. The molecule has 0 bridgehead atoms. The predicted octanol–water partition coefficient (Wildman–Crippen LogP) is 3.48. The van der Waals surface area contributed by atoms with Crippen LogP contribution in [-0.4, -0.2) is 53.8 Å². The molecule has 0 amide bonds. The van der Waals surface area contributed by atoms with Crippen molar-refractivity contribution >= 4 is 23.7 Å². The minimum Gasteiger partial charge on any atom is -0.459 e. The monoisotopic (exact) mass is 412 g/mol. The van der Waals surface area contributed by atoms with Crippen LogP contribution in [0, 0.1) is 11.8 Å². The summed E-state index contributed by atoms with van der Waals surface area (Å²) in [4.78, 5) is 24.3. The first-order chi connectivity index (χ1) is 13.1. The van der Waals surface area contributed by atoms with Crippen LogP contribution in [0.3, 0.4) is 0 Å². The second-order valence-corrected chi connectivity index (χ2v) is 9.67. The molecule has 0 aromatic carbocycles. The van der Waals surface area contributed by atoms with Crippen molar-refractivity contribution in [2.75, 3.05) is 6.26 Å². The van der Waals surface area contributed by atoms with E-state index in [0.717, 1.165) is 12.8 Å². The van der Waals surface area contributed by atoms with E-state index >= 15 is 0 Å². The Labute approximate surface area is 171 Å². The zero-order valence-electron chi connectivity index (χ0n) is 17.6. The van der Waals surface area contributed by atoms with Gasteiger partial charge in [0.2, 0.25) is 0 Å². The molecule has 158 valence electrons. The number of epoxide rings is 2. The van der Waals surface area contributed by atoms with E-state index < -0.39 is 12.2 Å². The maximum absolute atomic E-state index is 12.4. The molecular formula is C21H32O6S. The van der Waals surface area contributed by atoms with Crippen LogP contribution in [0.5, 0.6) is 0 Å². The number of hydrogen-bond donors (Lipinski definition) is 0. The molecule has 1 saturated carbocycles. The third-order valence-electron chi connectivity index (χ3n) is 6.27. The Hall–Kier alpha value is -1.05. The van der Waals surface area contributed by atoms with Gasteiger partial charge in [-0.25, -0.2) is 4.79 Å². The largest absolute Gasteiger partial charge is 0.459 e. The summed E-state index contributed by atoms with van der Waals surface area (Å²) in [5.74, 6) is -0.781. The highest BCUT2D eigenvalue weighted by atomic mass is 32.2. The fourth-order valence-electron chi connectivity index (χ4n) is 4.65. The molecule has 7 atom stereocenters. The molecular weight excluding hydrogens is 380 g/mol. The van der Waals surface area contributed by atoms with Gasteiger partial charge in [0.15, 0.2) is 0 Å². The predicted molar refractivity (Wildman–Crippen MR) is 107 cm³/mol. The molecule has 6 nitrogen and oxygen atoms in total. The first kappa shape index (κ1) is 21.7. The number of carbonyl (C=O) groups is 2. The molecule has 0 aromatic heterocycles. The van der Waals surface area contributed by atoms with Crippen molar-refractivity contribution in [2.45, 2.75) is 89.5 Å². The number of hydrogen-bond acceptors (Lipinski definition) is 7. The molecule has 3 fully saturated rings. The number of thioether (sulfide) groups is 1. The molecule has 0 aromatic rings. The molecule has 2 saturated heterocycles. The van der Waals surface area contributed by atoms with Crippen molar-refractivity contribution in [1.29, 1.82) is 0 Å². The lowest BCUT2D eigenvalue weighted by Crippen LogP contribution is -2.46. The van der Waals surface area contributed by atoms with Crippen LogP contribution in [0.4, 0.5) is 0 Å². The molecule has 0 N–H and O–H groups in total. The highest BCUT2D eigenvalue weighted by Gasteiger charge is 2.64. The van der Waals surface area contributed by atoms with Gasteiger partial charge in [0.25, 0.3) is 0 Å². The van der Waals surface area contributed by atoms with Crippen LogP contribution in [0.25, 0.3) is 0 Å². The summed E-state index contributed by atoms with van der Waals surface area (Å²) >= 11 is 1.44. The normalized spacial score (nSPS) is 42.5. The van der Waals surface area contributed by atoms with Crippen molar-refractivity contribution in [3.05, 3.63) is 11.5 Å². The Morgan fingerprint density at radius 1 is 1.18 bits per heavy atom. The Morgan fingerprint density at radius 2 is 1.89 bits per heavy atom. The Bertz CT molecular complexity index is 649. The lowest BCUT2D eigenvalue weighted by atomic mass is 9.76. The van der Waals surface area contributed by atoms with E-state index in [4.69, 9.17) is 18.9 Å². The third kappa shape index (κ3) is 4.57. The van der Waals surface area contributed by atoms with Gasteiger partial charge in [0, 0.05) is 25.3 Å². The fraction of sp³-hybridized carbons (Fsp3) is 0.810. The zero-order valence-corrected chi connectivity index (χ0v) is 18.4. The molecule has 0 radical (unpaired) electrons. The summed E-state index contributed by atoms with van der Waals surface area (Å²) < 4.78 is 23.7. The van der Waals surface area contributed by atoms with Crippen LogP contribution < -0.4 is 0 Å². The van der Waals surface area contributed by atoms with Crippen LogP contribution in [0.15, 0.2) is 11.5 Å². The van der Waals surface area contributed by atoms with E-state index in [0.29, 0.717) is 6.42 Å². The molecule has 2 heterocycles. The van der Waals surface area contributed by atoms with E-state index in [1.54, 1.807) is 5.41 Å². The van der Waals surface area contributed by atoms with E-state index in [2.05, 4.69) is 27.7 Å². The van der Waals surface area contributed by atoms with E-state index in [1.165, 1.54) is 24.8 Å². The van der Waals surface area contributed by atoms with Crippen LogP contribution in [0.1, 0.15) is 53.9 Å². The van der Waals surface area contributed by atoms with Gasteiger partial charge in [-0.3, -0.25) is 4.79 Å². The summed E-state index contributed by atoms with van der Waals surface area (Å²) in [7, 11) is 0. The fourth-order valence-corrected chi connectivity index (χ4v) is 4.89. The Balaban J connectivity index is 1.93. The minimum absolute atomic E-state index is 0.125. The highest BCUT2D eigenvalue weighted by molar-refractivity contribution is 8.01. The number of carbonyl (C=O) groups excluding carboxylic acids is 2. The Morgan fingerprint density at radius 3 is 2.50 bits per heavy atom. The molecule has 2 aliphatic heterocycles. The molecule has 7 heteroatoms. The summed E-state index contributed by atoms with van der Waals surface area (Å²) in [6, 6.07) is 0. The van der Waals surface area contributed by atoms with Crippen LogP contribution in [0.2, 0.25) is 0 Å². The standard InChI is InChI=1S/C21H32O6S/c1-12(2)17-14(25-16(23)8-10-28-6)11-21(5)15(26-21)7-9-20(4)19(27-20)18(17)24-13(3)22/h8,10,12,14-15,17-19H,7,9,11H2,1-6H3/b10-8-/t14-,15-,17+,18+,19+,20-,21+/m0/s1. The number of fused-ring (bicyclic) bond motifs is 2. The molecule has 1 aliphatic carbocycles. The first-order valence-corrected chi connectivity index (χ1v) is 11.3. The van der Waals surface area contributed by atoms with Gasteiger partial charge in [0.1, 0.15) is 18.3 Å². The second kappa shape index (κ2) is 8.00. The lowest BCUT2D eigenvalue weighted by Gasteiger charge is -2.36. The summed E-state index contributed by atoms with van der Waals surface area (Å²) in [6.07, 6.45) is 4.74. The third-order valence-corrected chi connectivity index (χ3v) is 6.68. The summed E-state index contributed by atoms with van der Waals surface area (Å²) in [5, 5.41) is 1.70. The number of ether oxygens (including phenoxy) is 4. The molecule has 3 aliphatic rings. The zero-order chi connectivity index (χ0) is 20.7. The van der Waals surface area contributed by atoms with Gasteiger partial charge in [0.05, 0.1) is 17.3 Å². The summed E-state index contributed by atoms with van der Waals surface area (Å²) in [6.45, 7) is 9.69. The van der Waals surface area contributed by atoms with Crippen molar-refractivity contribution in [3.8, 4) is 0 Å². The van der Waals surface area contributed by atoms with Crippen molar-refractivity contribution in [1.82, 2.24) is 0 Å². The topological polar surface area (TPSA) is 77.7 Å². The quantitative estimate of drug-likeness (QED) is 0.389. The van der Waals surface area contributed by atoms with Gasteiger partial charge in [-0.2, -0.15) is 0 Å². The smallest absolute Gasteiger partial charge is 0.331 e. The number of rotatable bonds is 5. The summed E-state index contributed by atoms with van der Waals surface area (Å²) in [5.41, 5.74) is -0.648. The van der Waals surface area contributed by atoms with E-state index in [9.17, 15) is 9.59 Å². The van der Waals surface area contributed by atoms with E-state index in [-0.39, 0.29) is 47.2 Å². The Kier molecular flexibility index (Phi) is 6.18. The highest BCUT2D eigenvalue weighted by Crippen LogP contribution is 2.53. The second-order valence-electron chi connectivity index (χ2n) is 8.92. The number of esters is 2. The van der Waals surface area contributed by atoms with Crippen molar-refractivity contribution in [2.24, 2.45) is 11.8 Å². The van der Waals surface area contributed by atoms with Gasteiger partial charge in [-0.1, -0.05) is 13.8 Å². The SMILES string of the molecule is CS/C=C\C(=O)O[C@H]1C[C@@]2(C)O[C@H]2CC[C@]2(C)O[C@@H]2[C@H](OC(C)=O)[C@@H]1C(C)C. The maximum atomic E-state index is 12.4. The van der Waals surface area contributed by atoms with Crippen LogP contribution >= 0.6 is 11.8 Å². The molecule has 3 rings (SSSR count). The average Bonchev–Trinajstić information content (AvgIpc) is 3.44. The van der Waals surface area contributed by atoms with Crippen LogP contribution in [-0.2, 0) is 28.5 Å². The van der Waals surface area contributed by atoms with Gasteiger partial charge in [-0.15, -0.1) is 11.8 Å². The minimum atomic E-state index is -0.455.